The molecule has 0 aliphatic heterocycles. The number of aryl methyl sites for hydroxylation is 1. The van der Waals surface area contributed by atoms with Crippen LogP contribution in [0.1, 0.15) is 54.2 Å². The van der Waals surface area contributed by atoms with Crippen molar-refractivity contribution in [1.82, 2.24) is 20.5 Å². The number of rotatable bonds is 5. The summed E-state index contributed by atoms with van der Waals surface area (Å²) >= 11 is 0. The maximum Gasteiger partial charge on any atom is 0.452 e. The fraction of sp³-hybridized carbons (Fsp3) is 0.600. The van der Waals surface area contributed by atoms with Gasteiger partial charge in [-0.3, -0.25) is 4.79 Å². The summed E-state index contributed by atoms with van der Waals surface area (Å²) in [4.78, 5) is 15.5. The standard InChI is InChI=1S/C15H17F3N4O3/c1-2-10-21-22-11(25-10)6-8-3-4-9(5-8)20-14(23)12-13(15(16,17)18)24-7-19-12/h7-9H,2-6H2,1H3,(H,20,23)/t8-,9+/m1/s1. The third-order valence-electron chi connectivity index (χ3n) is 4.19. The van der Waals surface area contributed by atoms with Gasteiger partial charge in [-0.25, -0.2) is 4.98 Å². The number of nitrogens with zero attached hydrogens (tertiary/aromatic N) is 3. The molecule has 1 saturated carbocycles. The molecule has 10 heteroatoms. The summed E-state index contributed by atoms with van der Waals surface area (Å²) < 4.78 is 48.0. The van der Waals surface area contributed by atoms with Crippen LogP contribution in [0.5, 0.6) is 0 Å². The lowest BCUT2D eigenvalue weighted by Crippen LogP contribution is -2.34. The van der Waals surface area contributed by atoms with Gasteiger partial charge in [-0.2, -0.15) is 13.2 Å². The lowest BCUT2D eigenvalue weighted by Gasteiger charge is -2.12. The van der Waals surface area contributed by atoms with Gasteiger partial charge in [0, 0.05) is 18.9 Å². The second-order valence-corrected chi connectivity index (χ2v) is 6.02. The Bertz CT molecular complexity index is 740. The molecule has 0 bridgehead atoms. The molecule has 1 N–H and O–H groups in total. The normalized spacial score (nSPS) is 20.8. The van der Waals surface area contributed by atoms with Crippen molar-refractivity contribution in [3.8, 4) is 0 Å². The Morgan fingerprint density at radius 2 is 2.08 bits per heavy atom. The molecule has 7 nitrogen and oxygen atoms in total. The predicted molar refractivity (Wildman–Crippen MR) is 77.5 cm³/mol. The zero-order chi connectivity index (χ0) is 18.0. The van der Waals surface area contributed by atoms with Gasteiger partial charge in [-0.15, -0.1) is 10.2 Å². The molecule has 2 aromatic heterocycles. The highest BCUT2D eigenvalue weighted by Gasteiger charge is 2.41. The topological polar surface area (TPSA) is 94.1 Å². The molecule has 0 radical (unpaired) electrons. The number of alkyl halides is 3. The molecule has 3 rings (SSSR count). The minimum absolute atomic E-state index is 0.219. The number of oxazole rings is 1. The highest BCUT2D eigenvalue weighted by molar-refractivity contribution is 5.93. The van der Waals surface area contributed by atoms with Gasteiger partial charge in [0.1, 0.15) is 0 Å². The lowest BCUT2D eigenvalue weighted by molar-refractivity contribution is -0.153. The van der Waals surface area contributed by atoms with Gasteiger partial charge in [-0.1, -0.05) is 6.92 Å². The van der Waals surface area contributed by atoms with Crippen LogP contribution in [0.3, 0.4) is 0 Å². The van der Waals surface area contributed by atoms with Crippen LogP contribution in [0.4, 0.5) is 13.2 Å². The number of halogens is 3. The van der Waals surface area contributed by atoms with Gasteiger partial charge >= 0.3 is 6.18 Å². The van der Waals surface area contributed by atoms with Gasteiger partial charge < -0.3 is 14.2 Å². The Balaban J connectivity index is 1.56. The summed E-state index contributed by atoms with van der Waals surface area (Å²) in [6.07, 6.45) is -0.752. The van der Waals surface area contributed by atoms with E-state index in [9.17, 15) is 18.0 Å². The summed E-state index contributed by atoms with van der Waals surface area (Å²) in [5.74, 6) is -0.904. The van der Waals surface area contributed by atoms with Crippen molar-refractivity contribution in [2.45, 2.75) is 51.2 Å². The average Bonchev–Trinajstić information content (AvgIpc) is 3.26. The van der Waals surface area contributed by atoms with E-state index in [0.29, 0.717) is 43.9 Å². The van der Waals surface area contributed by atoms with E-state index in [1.54, 1.807) is 0 Å². The first-order valence-corrected chi connectivity index (χ1v) is 7.99. The second kappa shape index (κ2) is 6.85. The Morgan fingerprint density at radius 3 is 2.76 bits per heavy atom. The van der Waals surface area contributed by atoms with E-state index in [4.69, 9.17) is 4.42 Å². The van der Waals surface area contributed by atoms with Crippen molar-refractivity contribution in [1.29, 1.82) is 0 Å². The van der Waals surface area contributed by atoms with Gasteiger partial charge in [0.15, 0.2) is 12.1 Å². The average molecular weight is 358 g/mol. The van der Waals surface area contributed by atoms with Crippen LogP contribution >= 0.6 is 0 Å². The third kappa shape index (κ3) is 3.99. The number of hydrogen-bond donors (Lipinski definition) is 1. The zero-order valence-electron chi connectivity index (χ0n) is 13.5. The van der Waals surface area contributed by atoms with Crippen molar-refractivity contribution in [2.75, 3.05) is 0 Å². The van der Waals surface area contributed by atoms with Gasteiger partial charge in [-0.05, 0) is 25.2 Å². The fourth-order valence-electron chi connectivity index (χ4n) is 3.01. The Hall–Kier alpha value is -2.39. The van der Waals surface area contributed by atoms with Crippen LogP contribution in [0.2, 0.25) is 0 Å². The lowest BCUT2D eigenvalue weighted by atomic mass is 10.0. The van der Waals surface area contributed by atoms with Crippen molar-refractivity contribution in [3.63, 3.8) is 0 Å². The number of amides is 1. The summed E-state index contributed by atoms with van der Waals surface area (Å²) in [5.41, 5.74) is -0.736. The molecule has 1 amide bonds. The largest absolute Gasteiger partial charge is 0.452 e. The Labute approximate surface area is 141 Å². The molecule has 136 valence electrons. The van der Waals surface area contributed by atoms with Gasteiger partial charge in [0.05, 0.1) is 0 Å². The van der Waals surface area contributed by atoms with E-state index >= 15 is 0 Å². The molecule has 0 saturated heterocycles. The molecule has 0 spiro atoms. The summed E-state index contributed by atoms with van der Waals surface area (Å²) in [6.45, 7) is 1.91. The fourth-order valence-corrected chi connectivity index (χ4v) is 3.01. The second-order valence-electron chi connectivity index (χ2n) is 6.02. The minimum Gasteiger partial charge on any atom is -0.438 e. The van der Waals surface area contributed by atoms with E-state index in [-0.39, 0.29) is 12.0 Å². The highest BCUT2D eigenvalue weighted by atomic mass is 19.4. The van der Waals surface area contributed by atoms with Crippen molar-refractivity contribution >= 4 is 5.91 Å². The van der Waals surface area contributed by atoms with E-state index in [1.807, 2.05) is 6.92 Å². The van der Waals surface area contributed by atoms with Crippen LogP contribution < -0.4 is 5.32 Å². The first-order valence-electron chi connectivity index (χ1n) is 7.99. The van der Waals surface area contributed by atoms with E-state index in [0.717, 1.165) is 6.42 Å². The third-order valence-corrected chi connectivity index (χ3v) is 4.19. The maximum atomic E-state index is 12.8. The van der Waals surface area contributed by atoms with Crippen molar-refractivity contribution < 1.29 is 26.8 Å². The summed E-state index contributed by atoms with van der Waals surface area (Å²) in [5, 5.41) is 10.5. The first-order chi connectivity index (χ1) is 11.9. The minimum atomic E-state index is -4.75. The Morgan fingerprint density at radius 1 is 1.32 bits per heavy atom. The number of aromatic nitrogens is 3. The molecule has 2 aromatic rings. The van der Waals surface area contributed by atoms with Gasteiger partial charge in [0.2, 0.25) is 17.5 Å². The zero-order valence-corrected chi connectivity index (χ0v) is 13.5. The van der Waals surface area contributed by atoms with Crippen LogP contribution in [-0.4, -0.2) is 27.1 Å². The van der Waals surface area contributed by atoms with E-state index < -0.39 is 23.5 Å². The summed E-state index contributed by atoms with van der Waals surface area (Å²) in [7, 11) is 0. The number of nitrogens with one attached hydrogen (secondary N) is 1. The molecule has 1 aliphatic carbocycles. The van der Waals surface area contributed by atoms with E-state index in [1.165, 1.54) is 0 Å². The molecular formula is C15H17F3N4O3. The van der Waals surface area contributed by atoms with Crippen molar-refractivity contribution in [3.05, 3.63) is 29.6 Å². The molecule has 25 heavy (non-hydrogen) atoms. The quantitative estimate of drug-likeness (QED) is 0.883. The molecule has 2 atom stereocenters. The monoisotopic (exact) mass is 358 g/mol. The number of carbonyl (C=O) groups excluding carboxylic acids is 1. The SMILES string of the molecule is CCc1nnc(C[C@@H]2CC[C@H](NC(=O)c3ncoc3C(F)(F)F)C2)o1. The van der Waals surface area contributed by atoms with Gasteiger partial charge in [0.25, 0.3) is 5.91 Å². The van der Waals surface area contributed by atoms with Crippen LogP contribution in [0.25, 0.3) is 0 Å². The molecule has 1 aliphatic rings. The maximum absolute atomic E-state index is 12.8. The molecular weight excluding hydrogens is 341 g/mol. The number of hydrogen-bond acceptors (Lipinski definition) is 6. The van der Waals surface area contributed by atoms with Crippen LogP contribution in [0, 0.1) is 5.92 Å². The smallest absolute Gasteiger partial charge is 0.438 e. The summed E-state index contributed by atoms with van der Waals surface area (Å²) in [6, 6.07) is -0.219. The van der Waals surface area contributed by atoms with Crippen LogP contribution in [-0.2, 0) is 19.0 Å². The molecule has 0 aromatic carbocycles. The Kier molecular flexibility index (Phi) is 4.78. The van der Waals surface area contributed by atoms with Crippen LogP contribution in [0.15, 0.2) is 15.2 Å². The molecule has 1 fully saturated rings. The predicted octanol–water partition coefficient (Wildman–Crippen LogP) is 2.78. The highest BCUT2D eigenvalue weighted by Crippen LogP contribution is 2.32. The molecule has 2 heterocycles. The van der Waals surface area contributed by atoms with E-state index in [2.05, 4.69) is 24.9 Å². The number of carbonyl (C=O) groups is 1. The van der Waals surface area contributed by atoms with Crippen molar-refractivity contribution in [2.24, 2.45) is 5.92 Å². The molecule has 0 unspecified atom stereocenters. The first kappa shape index (κ1) is 17.4.